The average molecular weight is 270 g/mol. The molecule has 4 heteroatoms. The molecule has 0 atom stereocenters. The second-order valence-corrected chi connectivity index (χ2v) is 4.38. The van der Waals surface area contributed by atoms with E-state index >= 15 is 0 Å². The summed E-state index contributed by atoms with van der Waals surface area (Å²) in [5, 5.41) is 18.2. The molecule has 0 saturated carbocycles. The highest BCUT2D eigenvalue weighted by Crippen LogP contribution is 2.27. The van der Waals surface area contributed by atoms with Gasteiger partial charge in [0.05, 0.1) is 11.1 Å². The smallest absolute Gasteiger partial charge is 0.335 e. The van der Waals surface area contributed by atoms with E-state index < -0.39 is 11.9 Å². The normalized spacial score (nSPS) is 10.2. The first-order valence-corrected chi connectivity index (χ1v) is 6.23. The lowest BCUT2D eigenvalue weighted by Gasteiger charge is -2.11. The van der Waals surface area contributed by atoms with Gasteiger partial charge in [-0.2, -0.15) is 0 Å². The third-order valence-corrected chi connectivity index (χ3v) is 3.18. The maximum Gasteiger partial charge on any atom is 0.335 e. The van der Waals surface area contributed by atoms with E-state index in [4.69, 9.17) is 5.11 Å². The molecule has 0 amide bonds. The molecule has 0 spiro atoms. The summed E-state index contributed by atoms with van der Waals surface area (Å²) in [6.45, 7) is 1.88. The minimum absolute atomic E-state index is 0.185. The standard InChI is InChI=1S/C16H14O4/c1-2-12-13(7-4-8-14(12)16(19)20)10-5-3-6-11(9-10)15(17)18/h3-9H,2H2,1H3,(H,17,18)(H,19,20). The Hall–Kier alpha value is -2.62. The second-order valence-electron chi connectivity index (χ2n) is 4.38. The quantitative estimate of drug-likeness (QED) is 0.893. The van der Waals surface area contributed by atoms with E-state index in [0.717, 1.165) is 5.56 Å². The van der Waals surface area contributed by atoms with Gasteiger partial charge in [-0.1, -0.05) is 31.2 Å². The third kappa shape index (κ3) is 2.54. The van der Waals surface area contributed by atoms with Crippen LogP contribution >= 0.6 is 0 Å². The number of hydrogen-bond donors (Lipinski definition) is 2. The Morgan fingerprint density at radius 1 is 1.00 bits per heavy atom. The van der Waals surface area contributed by atoms with Crippen LogP contribution in [-0.4, -0.2) is 22.2 Å². The molecule has 0 aliphatic heterocycles. The molecule has 0 bridgehead atoms. The monoisotopic (exact) mass is 270 g/mol. The van der Waals surface area contributed by atoms with Crippen LogP contribution in [0.2, 0.25) is 0 Å². The minimum Gasteiger partial charge on any atom is -0.478 e. The number of carboxylic acid groups (broad SMARTS) is 2. The number of hydrogen-bond acceptors (Lipinski definition) is 2. The largest absolute Gasteiger partial charge is 0.478 e. The van der Waals surface area contributed by atoms with Gasteiger partial charge in [0.25, 0.3) is 0 Å². The molecule has 2 aromatic carbocycles. The third-order valence-electron chi connectivity index (χ3n) is 3.18. The first-order valence-electron chi connectivity index (χ1n) is 6.23. The van der Waals surface area contributed by atoms with Crippen molar-refractivity contribution < 1.29 is 19.8 Å². The summed E-state index contributed by atoms with van der Waals surface area (Å²) in [6.07, 6.45) is 0.565. The highest BCUT2D eigenvalue weighted by atomic mass is 16.4. The number of benzene rings is 2. The predicted octanol–water partition coefficient (Wildman–Crippen LogP) is 3.31. The molecule has 0 unspecified atom stereocenters. The second kappa shape index (κ2) is 5.57. The Bertz CT molecular complexity index is 674. The molecule has 0 fully saturated rings. The van der Waals surface area contributed by atoms with Crippen LogP contribution in [0.3, 0.4) is 0 Å². The Kier molecular flexibility index (Phi) is 3.84. The lowest BCUT2D eigenvalue weighted by molar-refractivity contribution is 0.0685. The predicted molar refractivity (Wildman–Crippen MR) is 75.2 cm³/mol. The van der Waals surface area contributed by atoms with Crippen molar-refractivity contribution in [3.63, 3.8) is 0 Å². The van der Waals surface area contributed by atoms with Gasteiger partial charge in [0, 0.05) is 0 Å². The van der Waals surface area contributed by atoms with Crippen molar-refractivity contribution in [1.82, 2.24) is 0 Å². The van der Waals surface area contributed by atoms with E-state index in [1.165, 1.54) is 6.07 Å². The SMILES string of the molecule is CCc1c(C(=O)O)cccc1-c1cccc(C(=O)O)c1. The van der Waals surface area contributed by atoms with E-state index in [2.05, 4.69) is 0 Å². The molecule has 0 aliphatic rings. The van der Waals surface area contributed by atoms with E-state index in [-0.39, 0.29) is 11.1 Å². The van der Waals surface area contributed by atoms with Crippen LogP contribution in [0.4, 0.5) is 0 Å². The Balaban J connectivity index is 2.63. The van der Waals surface area contributed by atoms with Gasteiger partial charge in [0.1, 0.15) is 0 Å². The van der Waals surface area contributed by atoms with Gasteiger partial charge in [-0.15, -0.1) is 0 Å². The zero-order chi connectivity index (χ0) is 14.7. The average Bonchev–Trinajstić information content (AvgIpc) is 2.46. The molecule has 0 heterocycles. The first kappa shape index (κ1) is 13.8. The summed E-state index contributed by atoms with van der Waals surface area (Å²) in [5.74, 6) is -1.97. The Morgan fingerprint density at radius 3 is 2.30 bits per heavy atom. The number of carboxylic acids is 2. The summed E-state index contributed by atoms with van der Waals surface area (Å²) in [7, 11) is 0. The fourth-order valence-electron chi connectivity index (χ4n) is 2.26. The van der Waals surface area contributed by atoms with Crippen LogP contribution in [0.15, 0.2) is 42.5 Å². The Morgan fingerprint density at radius 2 is 1.70 bits per heavy atom. The molecular weight excluding hydrogens is 256 g/mol. The van der Waals surface area contributed by atoms with E-state index in [1.807, 2.05) is 13.0 Å². The van der Waals surface area contributed by atoms with E-state index in [0.29, 0.717) is 17.5 Å². The van der Waals surface area contributed by atoms with Crippen molar-refractivity contribution >= 4 is 11.9 Å². The first-order chi connectivity index (χ1) is 9.54. The summed E-state index contributed by atoms with van der Waals surface area (Å²) < 4.78 is 0. The molecule has 2 rings (SSSR count). The van der Waals surface area contributed by atoms with Crippen LogP contribution in [0.25, 0.3) is 11.1 Å². The van der Waals surface area contributed by atoms with Gasteiger partial charge in [-0.25, -0.2) is 9.59 Å². The van der Waals surface area contributed by atoms with Crippen molar-refractivity contribution in [2.45, 2.75) is 13.3 Å². The Labute approximate surface area is 116 Å². The van der Waals surface area contributed by atoms with E-state index in [9.17, 15) is 14.7 Å². The van der Waals surface area contributed by atoms with Crippen molar-refractivity contribution in [2.24, 2.45) is 0 Å². The number of carbonyl (C=O) groups is 2. The molecule has 0 aliphatic carbocycles. The van der Waals surface area contributed by atoms with Crippen LogP contribution < -0.4 is 0 Å². The van der Waals surface area contributed by atoms with Crippen LogP contribution in [0.1, 0.15) is 33.2 Å². The maximum atomic E-state index is 11.2. The summed E-state index contributed by atoms with van der Waals surface area (Å²) >= 11 is 0. The highest BCUT2D eigenvalue weighted by Gasteiger charge is 2.14. The van der Waals surface area contributed by atoms with Gasteiger partial charge in [-0.05, 0) is 41.3 Å². The maximum absolute atomic E-state index is 11.2. The minimum atomic E-state index is -1.00. The molecule has 0 radical (unpaired) electrons. The molecule has 20 heavy (non-hydrogen) atoms. The van der Waals surface area contributed by atoms with Crippen molar-refractivity contribution in [2.75, 3.05) is 0 Å². The molecule has 4 nitrogen and oxygen atoms in total. The number of aromatic carboxylic acids is 2. The van der Waals surface area contributed by atoms with Crippen molar-refractivity contribution in [3.05, 3.63) is 59.2 Å². The summed E-state index contributed by atoms with van der Waals surface area (Å²) in [6, 6.07) is 11.6. The van der Waals surface area contributed by atoms with Gasteiger partial charge < -0.3 is 10.2 Å². The van der Waals surface area contributed by atoms with Crippen LogP contribution in [0, 0.1) is 0 Å². The molecule has 0 aromatic heterocycles. The lowest BCUT2D eigenvalue weighted by atomic mass is 9.93. The van der Waals surface area contributed by atoms with Crippen molar-refractivity contribution in [1.29, 1.82) is 0 Å². The summed E-state index contributed by atoms with van der Waals surface area (Å²) in [5.41, 5.74) is 2.62. The summed E-state index contributed by atoms with van der Waals surface area (Å²) in [4.78, 5) is 22.3. The zero-order valence-electron chi connectivity index (χ0n) is 11.0. The van der Waals surface area contributed by atoms with Gasteiger partial charge in [0.2, 0.25) is 0 Å². The van der Waals surface area contributed by atoms with E-state index in [1.54, 1.807) is 30.3 Å². The van der Waals surface area contributed by atoms with Crippen LogP contribution in [0.5, 0.6) is 0 Å². The molecule has 2 aromatic rings. The topological polar surface area (TPSA) is 74.6 Å². The molecule has 2 N–H and O–H groups in total. The van der Waals surface area contributed by atoms with Gasteiger partial charge >= 0.3 is 11.9 Å². The number of rotatable bonds is 4. The van der Waals surface area contributed by atoms with Crippen LogP contribution in [-0.2, 0) is 6.42 Å². The molecular formula is C16H14O4. The zero-order valence-corrected chi connectivity index (χ0v) is 11.0. The van der Waals surface area contributed by atoms with Crippen molar-refractivity contribution in [3.8, 4) is 11.1 Å². The fraction of sp³-hybridized carbons (Fsp3) is 0.125. The van der Waals surface area contributed by atoms with Gasteiger partial charge in [-0.3, -0.25) is 0 Å². The molecule has 0 saturated heterocycles. The van der Waals surface area contributed by atoms with Gasteiger partial charge in [0.15, 0.2) is 0 Å². The lowest BCUT2D eigenvalue weighted by Crippen LogP contribution is -2.04. The fourth-order valence-corrected chi connectivity index (χ4v) is 2.26. The highest BCUT2D eigenvalue weighted by molar-refractivity contribution is 5.93. The molecule has 102 valence electrons.